The molecule has 0 aromatic carbocycles. The summed E-state index contributed by atoms with van der Waals surface area (Å²) in [6, 6.07) is 0. The van der Waals surface area contributed by atoms with Crippen LogP contribution in [0.3, 0.4) is 0 Å². The molecule has 0 unspecified atom stereocenters. The van der Waals surface area contributed by atoms with Crippen LogP contribution in [0.1, 0.15) is 232 Å². The summed E-state index contributed by atoms with van der Waals surface area (Å²) in [5, 5.41) is 9.59. The van der Waals surface area contributed by atoms with Gasteiger partial charge in [-0.15, -0.1) is 0 Å². The topological polar surface area (TPSA) is 72.8 Å². The van der Waals surface area contributed by atoms with E-state index >= 15 is 0 Å². The zero-order chi connectivity index (χ0) is 39.3. The lowest BCUT2D eigenvalue weighted by molar-refractivity contribution is -0.161. The predicted molar refractivity (Wildman–Crippen MR) is 233 cm³/mol. The average molecular weight is 757 g/mol. The van der Waals surface area contributed by atoms with Crippen LogP contribution in [0.4, 0.5) is 0 Å². The number of hydrogen-bond acceptors (Lipinski definition) is 5. The second kappa shape index (κ2) is 45.3. The van der Waals surface area contributed by atoms with E-state index in [0.717, 1.165) is 64.2 Å². The number of carbonyl (C=O) groups is 2. The molecule has 0 saturated heterocycles. The van der Waals surface area contributed by atoms with Crippen molar-refractivity contribution in [1.29, 1.82) is 0 Å². The third-order valence-corrected chi connectivity index (χ3v) is 10.1. The molecule has 0 aliphatic rings. The molecule has 5 nitrogen and oxygen atoms in total. The van der Waals surface area contributed by atoms with Gasteiger partial charge in [0.1, 0.15) is 6.61 Å². The summed E-state index contributed by atoms with van der Waals surface area (Å²) in [7, 11) is 0. The molecule has 0 bridgehead atoms. The van der Waals surface area contributed by atoms with Crippen molar-refractivity contribution in [3.63, 3.8) is 0 Å². The molecule has 1 atom stereocenters. The smallest absolute Gasteiger partial charge is 0.306 e. The fraction of sp³-hybridized carbons (Fsp3) is 0.796. The van der Waals surface area contributed by atoms with Crippen LogP contribution in [-0.2, 0) is 19.1 Å². The minimum Gasteiger partial charge on any atom is -0.462 e. The first kappa shape index (κ1) is 51.9. The lowest BCUT2D eigenvalue weighted by atomic mass is 10.0. The first-order valence-corrected chi connectivity index (χ1v) is 23.2. The van der Waals surface area contributed by atoms with E-state index < -0.39 is 6.10 Å². The molecule has 0 heterocycles. The number of aliphatic hydroxyl groups is 1. The van der Waals surface area contributed by atoms with Gasteiger partial charge in [0.2, 0.25) is 0 Å². The van der Waals surface area contributed by atoms with Crippen molar-refractivity contribution in [1.82, 2.24) is 0 Å². The Morgan fingerprint density at radius 1 is 0.426 bits per heavy atom. The number of rotatable bonds is 42. The lowest BCUT2D eigenvalue weighted by Gasteiger charge is -2.15. The van der Waals surface area contributed by atoms with Gasteiger partial charge in [0.25, 0.3) is 0 Å². The highest BCUT2D eigenvalue weighted by Crippen LogP contribution is 2.16. The molecule has 0 aliphatic carbocycles. The van der Waals surface area contributed by atoms with Crippen molar-refractivity contribution < 1.29 is 24.2 Å². The minimum absolute atomic E-state index is 0.0808. The Hall–Kier alpha value is -2.14. The van der Waals surface area contributed by atoms with Crippen molar-refractivity contribution in [2.24, 2.45) is 0 Å². The normalized spacial score (nSPS) is 12.6. The number of ether oxygens (including phenoxy) is 2. The standard InChI is InChI=1S/C49H88O5/c1-3-5-7-9-11-13-15-17-19-21-23-24-26-28-30-32-34-36-38-40-42-44-49(52)54-47(45-50)46-53-48(51)43-41-39-37-35-33-31-29-27-25-22-20-18-16-14-12-10-8-6-4-2/h12,14,18,20,25,27,31,33,47,50H,3-11,13,15-17,19,21-24,26,28-30,32,34-46H2,1-2H3/b14-12+,20-18+,27-25+,33-31+/t47-/m0/s1. The Morgan fingerprint density at radius 3 is 1.15 bits per heavy atom. The summed E-state index contributed by atoms with van der Waals surface area (Å²) in [4.78, 5) is 24.4. The highest BCUT2D eigenvalue weighted by atomic mass is 16.6. The van der Waals surface area contributed by atoms with E-state index in [1.165, 1.54) is 141 Å². The van der Waals surface area contributed by atoms with E-state index in [9.17, 15) is 14.7 Å². The molecule has 5 heteroatoms. The van der Waals surface area contributed by atoms with Crippen LogP contribution >= 0.6 is 0 Å². The molecule has 0 spiro atoms. The van der Waals surface area contributed by atoms with Crippen LogP contribution in [0.25, 0.3) is 0 Å². The van der Waals surface area contributed by atoms with Gasteiger partial charge in [0.05, 0.1) is 6.61 Å². The second-order valence-corrected chi connectivity index (χ2v) is 15.5. The molecule has 314 valence electrons. The first-order chi connectivity index (χ1) is 26.6. The van der Waals surface area contributed by atoms with Crippen LogP contribution in [0.2, 0.25) is 0 Å². The molecular weight excluding hydrogens is 669 g/mol. The van der Waals surface area contributed by atoms with E-state index in [0.29, 0.717) is 12.8 Å². The Kier molecular flexibility index (Phi) is 43.5. The van der Waals surface area contributed by atoms with Gasteiger partial charge in [-0.3, -0.25) is 9.59 Å². The maximum atomic E-state index is 12.2. The van der Waals surface area contributed by atoms with Crippen molar-refractivity contribution in [3.8, 4) is 0 Å². The van der Waals surface area contributed by atoms with Crippen LogP contribution < -0.4 is 0 Å². The van der Waals surface area contributed by atoms with E-state index in [2.05, 4.69) is 62.5 Å². The molecule has 0 saturated carbocycles. The largest absolute Gasteiger partial charge is 0.462 e. The van der Waals surface area contributed by atoms with E-state index in [4.69, 9.17) is 9.47 Å². The van der Waals surface area contributed by atoms with Crippen LogP contribution in [0, 0.1) is 0 Å². The summed E-state index contributed by atoms with van der Waals surface area (Å²) in [5.74, 6) is -0.619. The molecule has 0 aromatic heterocycles. The Balaban J connectivity index is 3.56. The summed E-state index contributed by atoms with van der Waals surface area (Å²) < 4.78 is 10.6. The SMILES string of the molecule is CCCCC/C=C/C/C=C/C/C=C/C/C=C/CCCCCC(=O)OC[C@H](CO)OC(=O)CCCCCCCCCCCCCCCCCCCCCCC. The molecule has 0 aliphatic heterocycles. The van der Waals surface area contributed by atoms with Crippen molar-refractivity contribution in [2.45, 2.75) is 238 Å². The monoisotopic (exact) mass is 757 g/mol. The van der Waals surface area contributed by atoms with E-state index in [-0.39, 0.29) is 25.2 Å². The Labute approximate surface area is 335 Å². The molecule has 0 fully saturated rings. The number of allylic oxidation sites excluding steroid dienone is 8. The molecule has 0 radical (unpaired) electrons. The molecule has 0 rings (SSSR count). The maximum Gasteiger partial charge on any atom is 0.306 e. The highest BCUT2D eigenvalue weighted by molar-refractivity contribution is 5.70. The molecule has 0 aromatic rings. The fourth-order valence-electron chi connectivity index (χ4n) is 6.60. The second-order valence-electron chi connectivity index (χ2n) is 15.5. The van der Waals surface area contributed by atoms with Gasteiger partial charge in [0.15, 0.2) is 6.10 Å². The number of aliphatic hydroxyl groups excluding tert-OH is 1. The van der Waals surface area contributed by atoms with Crippen LogP contribution in [0.15, 0.2) is 48.6 Å². The maximum absolute atomic E-state index is 12.2. The Morgan fingerprint density at radius 2 is 0.741 bits per heavy atom. The zero-order valence-corrected chi connectivity index (χ0v) is 35.7. The number of esters is 2. The lowest BCUT2D eigenvalue weighted by Crippen LogP contribution is -2.28. The van der Waals surface area contributed by atoms with Gasteiger partial charge in [-0.1, -0.05) is 210 Å². The van der Waals surface area contributed by atoms with Gasteiger partial charge in [0, 0.05) is 12.8 Å². The Bertz CT molecular complexity index is 904. The van der Waals surface area contributed by atoms with E-state index in [1.807, 2.05) is 0 Å². The van der Waals surface area contributed by atoms with Crippen molar-refractivity contribution in [3.05, 3.63) is 48.6 Å². The summed E-state index contributed by atoms with van der Waals surface area (Å²) in [5.41, 5.74) is 0. The van der Waals surface area contributed by atoms with Crippen molar-refractivity contribution in [2.75, 3.05) is 13.2 Å². The number of unbranched alkanes of at least 4 members (excludes halogenated alkanes) is 26. The van der Waals surface area contributed by atoms with Gasteiger partial charge >= 0.3 is 11.9 Å². The first-order valence-electron chi connectivity index (χ1n) is 23.2. The minimum atomic E-state index is -0.783. The van der Waals surface area contributed by atoms with E-state index in [1.54, 1.807) is 0 Å². The van der Waals surface area contributed by atoms with Crippen molar-refractivity contribution >= 4 is 11.9 Å². The summed E-state index contributed by atoms with van der Waals surface area (Å²) >= 11 is 0. The van der Waals surface area contributed by atoms with Gasteiger partial charge in [-0.2, -0.15) is 0 Å². The average Bonchev–Trinajstić information content (AvgIpc) is 3.17. The van der Waals surface area contributed by atoms with Crippen LogP contribution in [0.5, 0.6) is 0 Å². The van der Waals surface area contributed by atoms with Gasteiger partial charge in [-0.25, -0.2) is 0 Å². The van der Waals surface area contributed by atoms with Crippen LogP contribution in [-0.4, -0.2) is 36.4 Å². The number of carbonyl (C=O) groups excluding carboxylic acids is 2. The molecule has 54 heavy (non-hydrogen) atoms. The summed E-state index contributed by atoms with van der Waals surface area (Å²) in [6.07, 6.45) is 57.6. The predicted octanol–water partition coefficient (Wildman–Crippen LogP) is 15.0. The molecule has 1 N–H and O–H groups in total. The van der Waals surface area contributed by atoms with Gasteiger partial charge < -0.3 is 14.6 Å². The third kappa shape index (κ3) is 42.6. The molecule has 0 amide bonds. The fourth-order valence-corrected chi connectivity index (χ4v) is 6.60. The third-order valence-electron chi connectivity index (χ3n) is 10.1. The quantitative estimate of drug-likeness (QED) is 0.0381. The number of hydrogen-bond donors (Lipinski definition) is 1. The molecular formula is C49H88O5. The zero-order valence-electron chi connectivity index (χ0n) is 35.7. The summed E-state index contributed by atoms with van der Waals surface area (Å²) in [6.45, 7) is 4.10. The highest BCUT2D eigenvalue weighted by Gasteiger charge is 2.16. The van der Waals surface area contributed by atoms with Gasteiger partial charge in [-0.05, 0) is 57.8 Å².